The van der Waals surface area contributed by atoms with Crippen molar-refractivity contribution < 1.29 is 9.47 Å². The van der Waals surface area contributed by atoms with E-state index in [0.717, 1.165) is 46.6 Å². The van der Waals surface area contributed by atoms with Gasteiger partial charge in [-0.15, -0.1) is 11.3 Å². The molecule has 1 aliphatic rings. The Kier molecular flexibility index (Phi) is 3.86. The highest BCUT2D eigenvalue weighted by molar-refractivity contribution is 8.00. The maximum absolute atomic E-state index is 5.40. The zero-order valence-electron chi connectivity index (χ0n) is 10.9. The van der Waals surface area contributed by atoms with Gasteiger partial charge in [0.15, 0.2) is 9.99 Å². The van der Waals surface area contributed by atoms with E-state index in [0.29, 0.717) is 11.8 Å². The lowest BCUT2D eigenvalue weighted by atomic mass is 9.99. The summed E-state index contributed by atoms with van der Waals surface area (Å²) in [6.07, 6.45) is 3.94. The van der Waals surface area contributed by atoms with E-state index in [2.05, 4.69) is 15.0 Å². The second-order valence-corrected chi connectivity index (χ2v) is 6.37. The number of rotatable bonds is 3. The summed E-state index contributed by atoms with van der Waals surface area (Å²) in [5.41, 5.74) is 0.752. The van der Waals surface area contributed by atoms with Crippen molar-refractivity contribution in [2.75, 3.05) is 26.6 Å². The molecular weight excluding hydrogens is 282 g/mol. The van der Waals surface area contributed by atoms with Gasteiger partial charge in [0.2, 0.25) is 5.88 Å². The third-order valence-corrected chi connectivity index (χ3v) is 5.19. The van der Waals surface area contributed by atoms with Crippen LogP contribution in [-0.2, 0) is 4.74 Å². The van der Waals surface area contributed by atoms with E-state index in [-0.39, 0.29) is 0 Å². The predicted octanol–water partition coefficient (Wildman–Crippen LogP) is 2.71. The number of hydrogen-bond donors (Lipinski definition) is 0. The molecule has 3 heterocycles. The Morgan fingerprint density at radius 1 is 1.26 bits per heavy atom. The average molecular weight is 297 g/mol. The molecule has 0 bridgehead atoms. The first-order chi connectivity index (χ1) is 9.31. The first-order valence-electron chi connectivity index (χ1n) is 6.16. The topological polar surface area (TPSA) is 57.1 Å². The fourth-order valence-corrected chi connectivity index (χ4v) is 3.63. The Hall–Kier alpha value is -0.920. The molecule has 1 fully saturated rings. The summed E-state index contributed by atoms with van der Waals surface area (Å²) in [5, 5.41) is 0. The van der Waals surface area contributed by atoms with Crippen LogP contribution in [0.3, 0.4) is 0 Å². The maximum atomic E-state index is 5.40. The van der Waals surface area contributed by atoms with Gasteiger partial charge in [0.05, 0.1) is 7.11 Å². The number of nitrogens with zero attached hydrogens (tertiary/aromatic N) is 3. The maximum Gasteiger partial charge on any atom is 0.236 e. The summed E-state index contributed by atoms with van der Waals surface area (Å²) < 4.78 is 12.7. The van der Waals surface area contributed by atoms with Crippen molar-refractivity contribution >= 4 is 33.4 Å². The largest absolute Gasteiger partial charge is 0.480 e. The first-order valence-corrected chi connectivity index (χ1v) is 8.20. The van der Waals surface area contributed by atoms with Gasteiger partial charge in [0.25, 0.3) is 0 Å². The number of methoxy groups -OCH3 is 1. The van der Waals surface area contributed by atoms with Crippen LogP contribution in [0.4, 0.5) is 0 Å². The Bertz CT molecular complexity index is 582. The van der Waals surface area contributed by atoms with Gasteiger partial charge in [-0.05, 0) is 19.1 Å². The lowest BCUT2D eigenvalue weighted by Crippen LogP contribution is -2.16. The van der Waals surface area contributed by atoms with Crippen LogP contribution in [0, 0.1) is 0 Å². The Morgan fingerprint density at radius 2 is 2.05 bits per heavy atom. The van der Waals surface area contributed by atoms with E-state index in [9.17, 15) is 0 Å². The van der Waals surface area contributed by atoms with E-state index in [1.165, 1.54) is 0 Å². The summed E-state index contributed by atoms with van der Waals surface area (Å²) in [5.74, 6) is 1.83. The van der Waals surface area contributed by atoms with Gasteiger partial charge in [-0.25, -0.2) is 9.97 Å². The molecule has 0 atom stereocenters. The van der Waals surface area contributed by atoms with Crippen molar-refractivity contribution in [2.45, 2.75) is 23.1 Å². The fourth-order valence-electron chi connectivity index (χ4n) is 2.16. The number of thioether (sulfide) groups is 1. The number of hydrogen-bond acceptors (Lipinski definition) is 7. The number of fused-ring (bicyclic) bond motifs is 1. The van der Waals surface area contributed by atoms with Gasteiger partial charge in [-0.1, -0.05) is 11.8 Å². The minimum atomic E-state index is 0.353. The molecule has 0 unspecified atom stereocenters. The molecule has 1 saturated heterocycles. The fraction of sp³-hybridized carbons (Fsp3) is 0.583. The molecule has 0 aromatic carbocycles. The van der Waals surface area contributed by atoms with E-state index < -0.39 is 0 Å². The smallest absolute Gasteiger partial charge is 0.236 e. The SMILES string of the molecule is COc1nc(C2CCOCC2)nc2nc(SC)sc12. The summed E-state index contributed by atoms with van der Waals surface area (Å²) >= 11 is 3.20. The predicted molar refractivity (Wildman–Crippen MR) is 76.3 cm³/mol. The van der Waals surface area contributed by atoms with Crippen LogP contribution in [0.1, 0.15) is 24.6 Å². The van der Waals surface area contributed by atoms with Crippen molar-refractivity contribution in [2.24, 2.45) is 0 Å². The minimum absolute atomic E-state index is 0.353. The number of aromatic nitrogens is 3. The standard InChI is InChI=1S/C12H15N3O2S2/c1-16-11-8-10(15-12(18-2)19-8)13-9(14-11)7-3-5-17-6-4-7/h7H,3-6H2,1-2H3. The summed E-state index contributed by atoms with van der Waals surface area (Å²) in [6, 6.07) is 0. The van der Waals surface area contributed by atoms with Crippen LogP contribution in [0.15, 0.2) is 4.34 Å². The van der Waals surface area contributed by atoms with Crippen molar-refractivity contribution in [3.63, 3.8) is 0 Å². The number of ether oxygens (including phenoxy) is 2. The minimum Gasteiger partial charge on any atom is -0.480 e. The highest BCUT2D eigenvalue weighted by Crippen LogP contribution is 2.35. The zero-order chi connectivity index (χ0) is 13.2. The highest BCUT2D eigenvalue weighted by atomic mass is 32.2. The third kappa shape index (κ3) is 2.54. The molecule has 0 N–H and O–H groups in total. The van der Waals surface area contributed by atoms with E-state index >= 15 is 0 Å². The average Bonchev–Trinajstić information content (AvgIpc) is 2.90. The normalized spacial score (nSPS) is 16.9. The van der Waals surface area contributed by atoms with Crippen LogP contribution in [0.2, 0.25) is 0 Å². The molecule has 3 rings (SSSR count). The first kappa shape index (κ1) is 13.1. The van der Waals surface area contributed by atoms with Crippen LogP contribution in [0.5, 0.6) is 5.88 Å². The van der Waals surface area contributed by atoms with Gasteiger partial charge in [0.1, 0.15) is 10.5 Å². The van der Waals surface area contributed by atoms with Crippen molar-refractivity contribution in [3.05, 3.63) is 5.82 Å². The Labute approximate surface area is 119 Å². The summed E-state index contributed by atoms with van der Waals surface area (Å²) in [7, 11) is 1.65. The lowest BCUT2D eigenvalue weighted by Gasteiger charge is -2.20. The van der Waals surface area contributed by atoms with Gasteiger partial charge in [-0.3, -0.25) is 0 Å². The molecular formula is C12H15N3O2S2. The van der Waals surface area contributed by atoms with Crippen LogP contribution >= 0.6 is 23.1 Å². The van der Waals surface area contributed by atoms with Crippen LogP contribution < -0.4 is 4.74 Å². The molecule has 0 amide bonds. The second kappa shape index (κ2) is 5.60. The third-order valence-electron chi connectivity index (χ3n) is 3.17. The lowest BCUT2D eigenvalue weighted by molar-refractivity contribution is 0.0835. The molecule has 0 spiro atoms. The molecule has 0 radical (unpaired) electrons. The second-order valence-electron chi connectivity index (χ2n) is 4.31. The van der Waals surface area contributed by atoms with Crippen molar-refractivity contribution in [1.29, 1.82) is 0 Å². The summed E-state index contributed by atoms with van der Waals surface area (Å²) in [6.45, 7) is 1.56. The molecule has 1 aliphatic heterocycles. The van der Waals surface area contributed by atoms with Gasteiger partial charge in [-0.2, -0.15) is 4.98 Å². The molecule has 2 aromatic heterocycles. The Morgan fingerprint density at radius 3 is 2.74 bits per heavy atom. The molecule has 2 aromatic rings. The molecule has 19 heavy (non-hydrogen) atoms. The van der Waals surface area contributed by atoms with Gasteiger partial charge < -0.3 is 9.47 Å². The molecule has 5 nitrogen and oxygen atoms in total. The van der Waals surface area contributed by atoms with E-state index in [1.807, 2.05) is 6.26 Å². The molecule has 102 valence electrons. The molecule has 0 aliphatic carbocycles. The van der Waals surface area contributed by atoms with Crippen molar-refractivity contribution in [3.8, 4) is 5.88 Å². The van der Waals surface area contributed by atoms with Crippen LogP contribution in [0.25, 0.3) is 10.3 Å². The Balaban J connectivity index is 2.05. The zero-order valence-corrected chi connectivity index (χ0v) is 12.5. The molecule has 0 saturated carbocycles. The van der Waals surface area contributed by atoms with E-state index in [4.69, 9.17) is 9.47 Å². The monoisotopic (exact) mass is 297 g/mol. The van der Waals surface area contributed by atoms with Crippen LogP contribution in [-0.4, -0.2) is 41.5 Å². The van der Waals surface area contributed by atoms with Gasteiger partial charge in [0, 0.05) is 19.1 Å². The highest BCUT2D eigenvalue weighted by Gasteiger charge is 2.22. The van der Waals surface area contributed by atoms with Gasteiger partial charge >= 0.3 is 0 Å². The summed E-state index contributed by atoms with van der Waals surface area (Å²) in [4.78, 5) is 13.7. The molecule has 7 heteroatoms. The quantitative estimate of drug-likeness (QED) is 0.812. The number of thiazole rings is 1. The van der Waals surface area contributed by atoms with Crippen molar-refractivity contribution in [1.82, 2.24) is 15.0 Å². The van der Waals surface area contributed by atoms with E-state index in [1.54, 1.807) is 30.2 Å².